The molecule has 1 aromatic carbocycles. The van der Waals surface area contributed by atoms with Crippen LogP contribution in [0.25, 0.3) is 0 Å². The molecule has 1 amide bonds. The highest BCUT2D eigenvalue weighted by molar-refractivity contribution is 7.80. The molecule has 2 aliphatic heterocycles. The quantitative estimate of drug-likeness (QED) is 0.570. The number of hydrogen-bond acceptors (Lipinski definition) is 3. The molecule has 1 fully saturated rings. The van der Waals surface area contributed by atoms with Gasteiger partial charge < -0.3 is 20.1 Å². The van der Waals surface area contributed by atoms with E-state index in [-0.39, 0.29) is 11.5 Å². The lowest BCUT2D eigenvalue weighted by Crippen LogP contribution is -2.50. The van der Waals surface area contributed by atoms with Gasteiger partial charge in [-0.15, -0.1) is 0 Å². The maximum atomic E-state index is 12.2. The zero-order valence-corrected chi connectivity index (χ0v) is 18.1. The van der Waals surface area contributed by atoms with Crippen molar-refractivity contribution < 1.29 is 4.79 Å². The van der Waals surface area contributed by atoms with Gasteiger partial charge in [0.1, 0.15) is 0 Å². The number of hydrogen-bond donors (Lipinski definition) is 2. The number of carbonyl (C=O) groups excluding carboxylic acids is 1. The van der Waals surface area contributed by atoms with Crippen LogP contribution < -0.4 is 16.2 Å². The Balaban J connectivity index is 1.38. The Morgan fingerprint density at radius 3 is 2.70 bits per heavy atom. The van der Waals surface area contributed by atoms with Crippen LogP contribution in [0.5, 0.6) is 0 Å². The Kier molecular flexibility index (Phi) is 6.18. The first-order chi connectivity index (χ1) is 14.5. The highest BCUT2D eigenvalue weighted by Gasteiger charge is 2.35. The Hall–Kier alpha value is -2.67. The van der Waals surface area contributed by atoms with Crippen LogP contribution in [0.4, 0.5) is 5.69 Å². The number of unbranched alkanes of at least 4 members (excludes halogenated alkanes) is 1. The lowest BCUT2D eigenvalue weighted by molar-refractivity contribution is 0.0953. The monoisotopic (exact) mass is 424 g/mol. The molecule has 3 heterocycles. The number of fused-ring (bicyclic) bond motifs is 4. The summed E-state index contributed by atoms with van der Waals surface area (Å²) >= 11 is 5.68. The molecular weight excluding hydrogens is 396 g/mol. The highest BCUT2D eigenvalue weighted by Crippen LogP contribution is 2.35. The zero-order valence-electron chi connectivity index (χ0n) is 17.3. The van der Waals surface area contributed by atoms with Gasteiger partial charge in [0.05, 0.1) is 0 Å². The maximum Gasteiger partial charge on any atom is 0.251 e. The summed E-state index contributed by atoms with van der Waals surface area (Å²) in [5, 5.41) is 6.93. The molecule has 6 nitrogen and oxygen atoms in total. The van der Waals surface area contributed by atoms with E-state index in [1.165, 1.54) is 0 Å². The van der Waals surface area contributed by atoms with Crippen molar-refractivity contribution >= 4 is 28.9 Å². The molecule has 2 aromatic rings. The number of carbonyl (C=O) groups is 1. The van der Waals surface area contributed by atoms with Gasteiger partial charge in [-0.25, -0.2) is 0 Å². The van der Waals surface area contributed by atoms with Crippen molar-refractivity contribution in [2.45, 2.75) is 38.6 Å². The molecule has 0 spiro atoms. The summed E-state index contributed by atoms with van der Waals surface area (Å²) in [5.41, 5.74) is 2.73. The van der Waals surface area contributed by atoms with Crippen LogP contribution in [0.1, 0.15) is 48.2 Å². The van der Waals surface area contributed by atoms with E-state index in [1.807, 2.05) is 34.9 Å². The number of benzene rings is 1. The van der Waals surface area contributed by atoms with E-state index in [0.717, 1.165) is 50.3 Å². The third kappa shape index (κ3) is 4.41. The molecule has 2 aliphatic rings. The number of aromatic nitrogens is 1. The number of rotatable bonds is 5. The molecule has 0 saturated carbocycles. The minimum absolute atomic E-state index is 0.0460. The molecule has 30 heavy (non-hydrogen) atoms. The highest BCUT2D eigenvalue weighted by atomic mass is 32.1. The van der Waals surface area contributed by atoms with Gasteiger partial charge in [0.15, 0.2) is 5.11 Å². The van der Waals surface area contributed by atoms with Gasteiger partial charge >= 0.3 is 0 Å². The number of amides is 1. The van der Waals surface area contributed by atoms with Crippen molar-refractivity contribution in [3.8, 4) is 0 Å². The standard InChI is InChI=1S/C23H28N4O2S/c1-2-3-11-24-22(29)17-7-9-19(10-8-17)25-23(30)26-13-16-12-18(15-26)20-5-4-6-21(28)27(20)14-16/h4-10,16,18H,2-3,11-15H2,1H3,(H,24,29)(H,25,30). The van der Waals surface area contributed by atoms with E-state index >= 15 is 0 Å². The van der Waals surface area contributed by atoms with Gasteiger partial charge in [-0.2, -0.15) is 0 Å². The molecule has 0 radical (unpaired) electrons. The molecule has 4 rings (SSSR count). The maximum absolute atomic E-state index is 12.2. The van der Waals surface area contributed by atoms with Crippen LogP contribution in [-0.4, -0.2) is 40.1 Å². The van der Waals surface area contributed by atoms with Gasteiger partial charge in [0.25, 0.3) is 11.5 Å². The predicted octanol–water partition coefficient (Wildman–Crippen LogP) is 3.19. The molecular formula is C23H28N4O2S. The molecule has 158 valence electrons. The minimum atomic E-state index is -0.0460. The van der Waals surface area contributed by atoms with Crippen molar-refractivity contribution in [1.82, 2.24) is 14.8 Å². The Morgan fingerprint density at radius 2 is 1.93 bits per heavy atom. The van der Waals surface area contributed by atoms with E-state index in [9.17, 15) is 9.59 Å². The Labute approximate surface area is 182 Å². The van der Waals surface area contributed by atoms with Gasteiger partial charge in [-0.05, 0) is 61.3 Å². The third-order valence-corrected chi connectivity index (χ3v) is 6.34. The third-order valence-electron chi connectivity index (χ3n) is 5.98. The number of thiocarbonyl (C=S) groups is 1. The number of likely N-dealkylation sites (tertiary alicyclic amines) is 1. The fourth-order valence-corrected chi connectivity index (χ4v) is 4.72. The molecule has 7 heteroatoms. The van der Waals surface area contributed by atoms with Crippen molar-refractivity contribution in [3.05, 3.63) is 64.1 Å². The number of anilines is 1. The van der Waals surface area contributed by atoms with Gasteiger partial charge in [-0.1, -0.05) is 19.4 Å². The normalized spacial score (nSPS) is 19.7. The van der Waals surface area contributed by atoms with Crippen LogP contribution in [0, 0.1) is 5.92 Å². The summed E-state index contributed by atoms with van der Waals surface area (Å²) in [4.78, 5) is 26.5. The van der Waals surface area contributed by atoms with Gasteiger partial charge in [0.2, 0.25) is 0 Å². The summed E-state index contributed by atoms with van der Waals surface area (Å²) in [6.45, 7) is 5.22. The fourth-order valence-electron chi connectivity index (χ4n) is 4.45. The molecule has 1 aromatic heterocycles. The van der Waals surface area contributed by atoms with Gasteiger partial charge in [-0.3, -0.25) is 9.59 Å². The number of pyridine rings is 1. The first-order valence-corrected chi connectivity index (χ1v) is 11.1. The molecule has 2 bridgehead atoms. The SMILES string of the molecule is CCCCNC(=O)c1ccc(NC(=S)N2CC3CC(C2)c2cccc(=O)n2C3)cc1. The topological polar surface area (TPSA) is 66.4 Å². The number of piperidine rings is 1. The summed E-state index contributed by atoms with van der Waals surface area (Å²) in [5.74, 6) is 0.695. The average molecular weight is 425 g/mol. The second kappa shape index (κ2) is 9.00. The summed E-state index contributed by atoms with van der Waals surface area (Å²) in [6, 6.07) is 13.0. The largest absolute Gasteiger partial charge is 0.352 e. The van der Waals surface area contributed by atoms with Crippen molar-refractivity contribution in [1.29, 1.82) is 0 Å². The molecule has 0 aliphatic carbocycles. The smallest absolute Gasteiger partial charge is 0.251 e. The van der Waals surface area contributed by atoms with Crippen LogP contribution in [0.2, 0.25) is 0 Å². The number of nitrogens with one attached hydrogen (secondary N) is 2. The van der Waals surface area contributed by atoms with Crippen LogP contribution in [-0.2, 0) is 6.54 Å². The van der Waals surface area contributed by atoms with Crippen molar-refractivity contribution in [3.63, 3.8) is 0 Å². The Morgan fingerprint density at radius 1 is 1.13 bits per heavy atom. The van der Waals surface area contributed by atoms with Gasteiger partial charge in [0, 0.05) is 55.1 Å². The van der Waals surface area contributed by atoms with E-state index in [1.54, 1.807) is 6.07 Å². The van der Waals surface area contributed by atoms with E-state index in [2.05, 4.69) is 28.5 Å². The van der Waals surface area contributed by atoms with Crippen LogP contribution in [0.15, 0.2) is 47.3 Å². The molecule has 2 N–H and O–H groups in total. The van der Waals surface area contributed by atoms with Crippen LogP contribution >= 0.6 is 12.2 Å². The first-order valence-electron chi connectivity index (χ1n) is 10.7. The molecule has 1 saturated heterocycles. The second-order valence-corrected chi connectivity index (χ2v) is 8.61. The summed E-state index contributed by atoms with van der Waals surface area (Å²) < 4.78 is 1.93. The number of nitrogens with zero attached hydrogens (tertiary/aromatic N) is 2. The van der Waals surface area contributed by atoms with E-state index in [0.29, 0.717) is 29.1 Å². The zero-order chi connectivity index (χ0) is 21.1. The molecule has 2 unspecified atom stereocenters. The average Bonchev–Trinajstić information content (AvgIpc) is 2.75. The van der Waals surface area contributed by atoms with Crippen molar-refractivity contribution in [2.75, 3.05) is 25.0 Å². The predicted molar refractivity (Wildman–Crippen MR) is 123 cm³/mol. The first kappa shape index (κ1) is 20.6. The summed E-state index contributed by atoms with van der Waals surface area (Å²) in [7, 11) is 0. The van der Waals surface area contributed by atoms with Crippen molar-refractivity contribution in [2.24, 2.45) is 5.92 Å². The lowest BCUT2D eigenvalue weighted by atomic mass is 9.83. The fraction of sp³-hybridized carbons (Fsp3) is 0.435. The second-order valence-electron chi connectivity index (χ2n) is 8.22. The summed E-state index contributed by atoms with van der Waals surface area (Å²) in [6.07, 6.45) is 3.14. The van der Waals surface area contributed by atoms with E-state index in [4.69, 9.17) is 12.2 Å². The van der Waals surface area contributed by atoms with Crippen LogP contribution in [0.3, 0.4) is 0 Å². The van der Waals surface area contributed by atoms with E-state index < -0.39 is 0 Å². The molecule has 2 atom stereocenters. The lowest BCUT2D eigenvalue weighted by Gasteiger charge is -2.43. The minimum Gasteiger partial charge on any atom is -0.352 e. The Bertz CT molecular complexity index is 985.